The Labute approximate surface area is 107 Å². The summed E-state index contributed by atoms with van der Waals surface area (Å²) < 4.78 is 5.57. The topological polar surface area (TPSA) is 47.0 Å². The fourth-order valence-electron chi connectivity index (χ4n) is 1.59. The van der Waals surface area contributed by atoms with Crippen molar-refractivity contribution in [3.8, 4) is 17.0 Å². The van der Waals surface area contributed by atoms with Crippen molar-refractivity contribution in [1.29, 1.82) is 0 Å². The average Bonchev–Trinajstić information content (AvgIpc) is 2.45. The van der Waals surface area contributed by atoms with Gasteiger partial charge in [-0.25, -0.2) is 4.98 Å². The maximum absolute atomic E-state index is 5.57. The van der Waals surface area contributed by atoms with Gasteiger partial charge in [-0.05, 0) is 24.6 Å². The maximum atomic E-state index is 5.57. The summed E-state index contributed by atoms with van der Waals surface area (Å²) in [7, 11) is 1.85. The minimum Gasteiger partial charge on any atom is -0.492 e. The first-order valence-corrected chi connectivity index (χ1v) is 6.06. The van der Waals surface area contributed by atoms with E-state index in [9.17, 15) is 0 Å². The predicted molar refractivity (Wildman–Crippen MR) is 72.8 cm³/mol. The first-order valence-electron chi connectivity index (χ1n) is 6.06. The molecule has 0 atom stereocenters. The third-order valence-electron chi connectivity index (χ3n) is 2.49. The van der Waals surface area contributed by atoms with Gasteiger partial charge in [0.2, 0.25) is 0 Å². The highest BCUT2D eigenvalue weighted by molar-refractivity contribution is 5.61. The van der Waals surface area contributed by atoms with E-state index in [0.717, 1.165) is 29.2 Å². The summed E-state index contributed by atoms with van der Waals surface area (Å²) in [6.45, 7) is 2.78. The molecule has 0 saturated heterocycles. The molecule has 0 amide bonds. The lowest BCUT2D eigenvalue weighted by Crippen LogP contribution is -1.97. The molecule has 18 heavy (non-hydrogen) atoms. The van der Waals surface area contributed by atoms with Gasteiger partial charge in [-0.15, -0.1) is 0 Å². The Balaban J connectivity index is 2.26. The van der Waals surface area contributed by atoms with Crippen LogP contribution in [0.5, 0.6) is 5.75 Å². The van der Waals surface area contributed by atoms with E-state index in [2.05, 4.69) is 22.2 Å². The molecule has 0 unspecified atom stereocenters. The zero-order valence-electron chi connectivity index (χ0n) is 10.7. The summed E-state index contributed by atoms with van der Waals surface area (Å²) in [6.07, 6.45) is 4.50. The molecule has 94 valence electrons. The van der Waals surface area contributed by atoms with Crippen molar-refractivity contribution in [3.63, 3.8) is 0 Å². The van der Waals surface area contributed by atoms with Crippen molar-refractivity contribution in [2.75, 3.05) is 19.0 Å². The Morgan fingerprint density at radius 3 is 2.94 bits per heavy atom. The fraction of sp³-hybridized carbons (Fsp3) is 0.286. The molecule has 0 aliphatic carbocycles. The first-order chi connectivity index (χ1) is 8.83. The van der Waals surface area contributed by atoms with Gasteiger partial charge in [0.25, 0.3) is 0 Å². The van der Waals surface area contributed by atoms with E-state index in [1.165, 1.54) is 0 Å². The van der Waals surface area contributed by atoms with Crippen molar-refractivity contribution < 1.29 is 4.74 Å². The van der Waals surface area contributed by atoms with Gasteiger partial charge in [-0.2, -0.15) is 0 Å². The van der Waals surface area contributed by atoms with Crippen LogP contribution in [-0.4, -0.2) is 23.6 Å². The van der Waals surface area contributed by atoms with Crippen LogP contribution in [0.2, 0.25) is 0 Å². The number of nitrogens with one attached hydrogen (secondary N) is 1. The van der Waals surface area contributed by atoms with Crippen molar-refractivity contribution in [3.05, 3.63) is 36.7 Å². The zero-order valence-corrected chi connectivity index (χ0v) is 10.7. The summed E-state index contributed by atoms with van der Waals surface area (Å²) in [5, 5.41) is 3.02. The molecule has 0 aliphatic heterocycles. The molecule has 0 saturated carbocycles. The highest BCUT2D eigenvalue weighted by Crippen LogP contribution is 2.22. The molecule has 0 radical (unpaired) electrons. The molecule has 0 spiro atoms. The quantitative estimate of drug-likeness (QED) is 0.877. The molecule has 2 rings (SSSR count). The minimum absolute atomic E-state index is 0.703. The van der Waals surface area contributed by atoms with Crippen LogP contribution in [0.1, 0.15) is 13.3 Å². The Bertz CT molecular complexity index is 514. The molecule has 2 aromatic rings. The predicted octanol–water partition coefficient (Wildman–Crippen LogP) is 2.97. The second-order valence-corrected chi connectivity index (χ2v) is 3.92. The normalized spacial score (nSPS) is 10.1. The van der Waals surface area contributed by atoms with E-state index in [1.54, 1.807) is 12.4 Å². The molecule has 1 N–H and O–H groups in total. The zero-order chi connectivity index (χ0) is 12.8. The number of anilines is 1. The molecule has 2 aromatic heterocycles. The monoisotopic (exact) mass is 243 g/mol. The van der Waals surface area contributed by atoms with Crippen LogP contribution >= 0.6 is 0 Å². The average molecular weight is 243 g/mol. The third kappa shape index (κ3) is 2.97. The van der Waals surface area contributed by atoms with Crippen molar-refractivity contribution >= 4 is 5.82 Å². The van der Waals surface area contributed by atoms with Gasteiger partial charge in [-0.1, -0.05) is 13.0 Å². The molecule has 4 heteroatoms. The number of pyridine rings is 2. The van der Waals surface area contributed by atoms with Gasteiger partial charge in [0.1, 0.15) is 11.6 Å². The van der Waals surface area contributed by atoms with Gasteiger partial charge in [0.15, 0.2) is 0 Å². The largest absolute Gasteiger partial charge is 0.492 e. The van der Waals surface area contributed by atoms with Crippen molar-refractivity contribution in [2.45, 2.75) is 13.3 Å². The van der Waals surface area contributed by atoms with E-state index < -0.39 is 0 Å². The lowest BCUT2D eigenvalue weighted by molar-refractivity contribution is 0.316. The number of nitrogens with zero attached hydrogens (tertiary/aromatic N) is 2. The highest BCUT2D eigenvalue weighted by Gasteiger charge is 2.03. The summed E-state index contributed by atoms with van der Waals surface area (Å²) in [4.78, 5) is 8.66. The SMILES string of the molecule is CCCOc1cncc(-c2cccc(NC)n2)c1. The van der Waals surface area contributed by atoms with Gasteiger partial charge < -0.3 is 10.1 Å². The lowest BCUT2D eigenvalue weighted by atomic mass is 10.2. The van der Waals surface area contributed by atoms with E-state index in [4.69, 9.17) is 4.74 Å². The van der Waals surface area contributed by atoms with Gasteiger partial charge in [-0.3, -0.25) is 4.98 Å². The number of ether oxygens (including phenoxy) is 1. The van der Waals surface area contributed by atoms with Crippen molar-refractivity contribution in [1.82, 2.24) is 9.97 Å². The second kappa shape index (κ2) is 6.00. The number of aromatic nitrogens is 2. The van der Waals surface area contributed by atoms with Crippen molar-refractivity contribution in [2.24, 2.45) is 0 Å². The van der Waals surface area contributed by atoms with E-state index >= 15 is 0 Å². The summed E-state index contributed by atoms with van der Waals surface area (Å²) in [5.74, 6) is 1.62. The molecule has 0 aromatic carbocycles. The second-order valence-electron chi connectivity index (χ2n) is 3.92. The van der Waals surface area contributed by atoms with Crippen LogP contribution in [-0.2, 0) is 0 Å². The highest BCUT2D eigenvalue weighted by atomic mass is 16.5. The minimum atomic E-state index is 0.703. The standard InChI is InChI=1S/C14H17N3O/c1-3-7-18-12-8-11(9-16-10-12)13-5-4-6-14(15-2)17-13/h4-6,8-10H,3,7H2,1-2H3,(H,15,17). The Hall–Kier alpha value is -2.10. The molecular weight excluding hydrogens is 226 g/mol. The van der Waals surface area contributed by atoms with E-state index in [-0.39, 0.29) is 0 Å². The summed E-state index contributed by atoms with van der Waals surface area (Å²) >= 11 is 0. The molecule has 4 nitrogen and oxygen atoms in total. The molecule has 0 bridgehead atoms. The molecule has 0 fully saturated rings. The van der Waals surface area contributed by atoms with Crippen LogP contribution in [0.4, 0.5) is 5.82 Å². The first kappa shape index (κ1) is 12.4. The summed E-state index contributed by atoms with van der Waals surface area (Å²) in [5.41, 5.74) is 1.84. The van der Waals surface area contributed by atoms with Crippen LogP contribution in [0.25, 0.3) is 11.3 Å². The number of hydrogen-bond acceptors (Lipinski definition) is 4. The molecule has 0 aliphatic rings. The maximum Gasteiger partial charge on any atom is 0.138 e. The van der Waals surface area contributed by atoms with Gasteiger partial charge >= 0.3 is 0 Å². The van der Waals surface area contributed by atoms with E-state index in [1.807, 2.05) is 31.3 Å². The van der Waals surface area contributed by atoms with Crippen LogP contribution in [0.15, 0.2) is 36.7 Å². The number of rotatable bonds is 5. The summed E-state index contributed by atoms with van der Waals surface area (Å²) in [6, 6.07) is 7.81. The lowest BCUT2D eigenvalue weighted by Gasteiger charge is -2.07. The molecular formula is C14H17N3O. The Morgan fingerprint density at radius 2 is 2.17 bits per heavy atom. The van der Waals surface area contributed by atoms with E-state index in [0.29, 0.717) is 6.61 Å². The third-order valence-corrected chi connectivity index (χ3v) is 2.49. The van der Waals surface area contributed by atoms with Crippen LogP contribution < -0.4 is 10.1 Å². The van der Waals surface area contributed by atoms with Crippen LogP contribution in [0.3, 0.4) is 0 Å². The Morgan fingerprint density at radius 1 is 1.28 bits per heavy atom. The molecule has 2 heterocycles. The fourth-order valence-corrected chi connectivity index (χ4v) is 1.59. The smallest absolute Gasteiger partial charge is 0.138 e. The van der Waals surface area contributed by atoms with Gasteiger partial charge in [0, 0.05) is 18.8 Å². The number of hydrogen-bond donors (Lipinski definition) is 1. The van der Waals surface area contributed by atoms with Crippen LogP contribution in [0, 0.1) is 0 Å². The Kier molecular flexibility index (Phi) is 4.12. The van der Waals surface area contributed by atoms with Gasteiger partial charge in [0.05, 0.1) is 18.5 Å².